The minimum atomic E-state index is -1.65. The molecule has 0 saturated heterocycles. The number of amides is 1. The fourth-order valence-corrected chi connectivity index (χ4v) is 3.81. The van der Waals surface area contributed by atoms with Crippen LogP contribution in [0.2, 0.25) is 0 Å². The van der Waals surface area contributed by atoms with Gasteiger partial charge in [-0.3, -0.25) is 9.78 Å². The fourth-order valence-electron chi connectivity index (χ4n) is 3.81. The minimum absolute atomic E-state index is 0.193. The monoisotopic (exact) mass is 498 g/mol. The van der Waals surface area contributed by atoms with Crippen molar-refractivity contribution in [3.63, 3.8) is 0 Å². The van der Waals surface area contributed by atoms with Gasteiger partial charge in [0.05, 0.1) is 57.7 Å². The highest BCUT2D eigenvalue weighted by Crippen LogP contribution is 2.28. The van der Waals surface area contributed by atoms with Crippen LogP contribution in [-0.4, -0.2) is 53.3 Å². The van der Waals surface area contributed by atoms with Crippen molar-refractivity contribution in [1.29, 1.82) is 5.26 Å². The van der Waals surface area contributed by atoms with Gasteiger partial charge in [-0.25, -0.2) is 13.9 Å². The molecule has 5 rings (SSSR count). The average molecular weight is 499 g/mol. The van der Waals surface area contributed by atoms with Gasteiger partial charge >= 0.3 is 0 Å². The van der Waals surface area contributed by atoms with E-state index in [2.05, 4.69) is 31.8 Å². The van der Waals surface area contributed by atoms with E-state index in [-0.39, 0.29) is 12.1 Å². The Hall–Kier alpha value is -4.82. The van der Waals surface area contributed by atoms with Crippen molar-refractivity contribution >= 4 is 28.4 Å². The van der Waals surface area contributed by atoms with Crippen LogP contribution in [0, 0.1) is 11.3 Å². The van der Waals surface area contributed by atoms with E-state index in [0.29, 0.717) is 28.3 Å². The Morgan fingerprint density at radius 2 is 2.05 bits per heavy atom. The molecule has 0 aliphatic heterocycles. The summed E-state index contributed by atoms with van der Waals surface area (Å²) in [6.45, 7) is 2.32. The third-order valence-electron chi connectivity index (χ3n) is 5.92. The molecule has 0 bridgehead atoms. The van der Waals surface area contributed by atoms with Crippen molar-refractivity contribution in [3.05, 3.63) is 78.5 Å². The Balaban J connectivity index is 1.52. The minimum Gasteiger partial charge on any atom is -0.387 e. The maximum absolute atomic E-state index is 14.3. The molecule has 11 heteroatoms. The Kier molecular flexibility index (Phi) is 6.02. The van der Waals surface area contributed by atoms with Crippen LogP contribution in [0.1, 0.15) is 29.8 Å². The van der Waals surface area contributed by atoms with Crippen molar-refractivity contribution < 1.29 is 14.3 Å². The molecular formula is C26H23FN8O2. The molecule has 0 spiro atoms. The van der Waals surface area contributed by atoms with Gasteiger partial charge in [-0.1, -0.05) is 0 Å². The van der Waals surface area contributed by atoms with Crippen LogP contribution in [0.3, 0.4) is 0 Å². The molecule has 186 valence electrons. The summed E-state index contributed by atoms with van der Waals surface area (Å²) in [5.74, 6) is -0.547. The molecule has 0 aliphatic rings. The van der Waals surface area contributed by atoms with Crippen LogP contribution in [0.4, 0.5) is 15.8 Å². The van der Waals surface area contributed by atoms with Gasteiger partial charge < -0.3 is 20.1 Å². The number of aromatic nitrogens is 5. The summed E-state index contributed by atoms with van der Waals surface area (Å²) < 4.78 is 17.8. The standard InChI is InChI=1S/C26H23FN8O2/c1-26(2,37)23(27)14-31-25(36)19-13-30-21(22-5-4-18-9-16(11-28)12-32-35(18)22)10-20(19)33-17-3-6-24-29-7-8-34(24)15-17/h3-10,12-13,15,23,37H,14H2,1-2H3,(H,30,33)(H,31,36)/t23-/m1/s1. The van der Waals surface area contributed by atoms with Crippen molar-refractivity contribution in [2.75, 3.05) is 11.9 Å². The highest BCUT2D eigenvalue weighted by atomic mass is 19.1. The third kappa shape index (κ3) is 4.82. The Morgan fingerprint density at radius 3 is 2.84 bits per heavy atom. The number of alkyl halides is 1. The summed E-state index contributed by atoms with van der Waals surface area (Å²) >= 11 is 0. The second-order valence-corrected chi connectivity index (χ2v) is 9.09. The lowest BCUT2D eigenvalue weighted by Gasteiger charge is -2.22. The van der Waals surface area contributed by atoms with Crippen molar-refractivity contribution in [2.24, 2.45) is 0 Å². The van der Waals surface area contributed by atoms with Gasteiger partial charge in [0.1, 0.15) is 17.9 Å². The third-order valence-corrected chi connectivity index (χ3v) is 5.92. The molecule has 37 heavy (non-hydrogen) atoms. The summed E-state index contributed by atoms with van der Waals surface area (Å²) in [6.07, 6.45) is 6.53. The number of hydrogen-bond donors (Lipinski definition) is 3. The number of nitriles is 1. The number of nitrogens with zero attached hydrogens (tertiary/aromatic N) is 6. The first kappa shape index (κ1) is 23.9. The molecule has 1 atom stereocenters. The van der Waals surface area contributed by atoms with Crippen molar-refractivity contribution in [1.82, 2.24) is 29.3 Å². The number of rotatable bonds is 7. The largest absolute Gasteiger partial charge is 0.387 e. The summed E-state index contributed by atoms with van der Waals surface area (Å²) in [7, 11) is 0. The predicted octanol–water partition coefficient (Wildman–Crippen LogP) is 3.50. The van der Waals surface area contributed by atoms with E-state index in [9.17, 15) is 14.3 Å². The van der Waals surface area contributed by atoms with E-state index in [1.807, 2.05) is 34.9 Å². The number of aliphatic hydroxyl groups is 1. The smallest absolute Gasteiger partial charge is 0.255 e. The number of imidazole rings is 1. The quantitative estimate of drug-likeness (QED) is 0.313. The molecule has 0 aliphatic carbocycles. The van der Waals surface area contributed by atoms with E-state index in [4.69, 9.17) is 5.26 Å². The number of carbonyl (C=O) groups is 1. The molecule has 5 heterocycles. The summed E-state index contributed by atoms with van der Waals surface area (Å²) in [6, 6.07) is 12.8. The number of fused-ring (bicyclic) bond motifs is 2. The molecule has 0 saturated carbocycles. The zero-order valence-electron chi connectivity index (χ0n) is 20.1. The molecule has 0 radical (unpaired) electrons. The zero-order chi connectivity index (χ0) is 26.2. The van der Waals surface area contributed by atoms with E-state index < -0.39 is 17.7 Å². The van der Waals surface area contributed by atoms with Gasteiger partial charge in [0.2, 0.25) is 0 Å². The number of halogens is 1. The molecule has 3 N–H and O–H groups in total. The maximum atomic E-state index is 14.3. The first-order valence-electron chi connectivity index (χ1n) is 11.5. The number of carbonyl (C=O) groups excluding carboxylic acids is 1. The Labute approximate surface area is 211 Å². The lowest BCUT2D eigenvalue weighted by molar-refractivity contribution is -0.00177. The van der Waals surface area contributed by atoms with Gasteiger partial charge in [0.25, 0.3) is 5.91 Å². The van der Waals surface area contributed by atoms with Gasteiger partial charge in [0.15, 0.2) is 0 Å². The van der Waals surface area contributed by atoms with E-state index in [1.54, 1.807) is 29.0 Å². The first-order chi connectivity index (χ1) is 17.7. The van der Waals surface area contributed by atoms with E-state index in [1.165, 1.54) is 26.2 Å². The average Bonchev–Trinajstić information content (AvgIpc) is 3.52. The Bertz CT molecular complexity index is 1660. The second-order valence-electron chi connectivity index (χ2n) is 9.09. The van der Waals surface area contributed by atoms with Crippen LogP contribution in [-0.2, 0) is 0 Å². The molecule has 1 amide bonds. The first-order valence-corrected chi connectivity index (χ1v) is 11.5. The summed E-state index contributed by atoms with van der Waals surface area (Å²) in [4.78, 5) is 21.7. The van der Waals surface area contributed by atoms with Gasteiger partial charge in [-0.15, -0.1) is 0 Å². The molecule has 0 fully saturated rings. The molecule has 5 aromatic heterocycles. The van der Waals surface area contributed by atoms with Crippen LogP contribution >= 0.6 is 0 Å². The fraction of sp³-hybridized carbons (Fsp3) is 0.192. The molecule has 0 aromatic carbocycles. The zero-order valence-corrected chi connectivity index (χ0v) is 20.1. The molecule has 5 aromatic rings. The lowest BCUT2D eigenvalue weighted by atomic mass is 10.0. The normalized spacial score (nSPS) is 12.4. The van der Waals surface area contributed by atoms with Crippen molar-refractivity contribution in [3.8, 4) is 17.5 Å². The molecule has 10 nitrogen and oxygen atoms in total. The van der Waals surface area contributed by atoms with Crippen LogP contribution < -0.4 is 10.6 Å². The van der Waals surface area contributed by atoms with E-state index in [0.717, 1.165) is 11.2 Å². The lowest BCUT2D eigenvalue weighted by Crippen LogP contribution is -2.42. The van der Waals surface area contributed by atoms with Crippen LogP contribution in [0.5, 0.6) is 0 Å². The van der Waals surface area contributed by atoms with Gasteiger partial charge in [0, 0.05) is 24.8 Å². The number of pyridine rings is 2. The molecular weight excluding hydrogens is 475 g/mol. The number of nitrogens with one attached hydrogen (secondary N) is 2. The van der Waals surface area contributed by atoms with Crippen LogP contribution in [0.15, 0.2) is 67.4 Å². The SMILES string of the molecule is CC(C)(O)[C@H](F)CNC(=O)c1cnc(-c2ccc3cc(C#N)cnn23)cc1Nc1ccc2nccn2c1. The van der Waals surface area contributed by atoms with Gasteiger partial charge in [-0.2, -0.15) is 10.4 Å². The van der Waals surface area contributed by atoms with Gasteiger partial charge in [-0.05, 0) is 50.2 Å². The highest BCUT2D eigenvalue weighted by Gasteiger charge is 2.27. The topological polar surface area (TPSA) is 133 Å². The van der Waals surface area contributed by atoms with Crippen LogP contribution in [0.25, 0.3) is 22.6 Å². The summed E-state index contributed by atoms with van der Waals surface area (Å²) in [5, 5.41) is 29.2. The number of hydrogen-bond acceptors (Lipinski definition) is 7. The second kappa shape index (κ2) is 9.33. The maximum Gasteiger partial charge on any atom is 0.255 e. The summed E-state index contributed by atoms with van der Waals surface area (Å²) in [5.41, 5.74) is 2.83. The highest BCUT2D eigenvalue weighted by molar-refractivity contribution is 6.00. The number of anilines is 2. The Morgan fingerprint density at radius 1 is 1.22 bits per heavy atom. The molecule has 0 unspecified atom stereocenters. The predicted molar refractivity (Wildman–Crippen MR) is 135 cm³/mol. The van der Waals surface area contributed by atoms with Crippen molar-refractivity contribution in [2.45, 2.75) is 25.6 Å². The van der Waals surface area contributed by atoms with E-state index >= 15 is 0 Å².